The minimum absolute atomic E-state index is 0.150. The highest BCUT2D eigenvalue weighted by Gasteiger charge is 2.07. The van der Waals surface area contributed by atoms with Gasteiger partial charge in [-0.15, -0.1) is 0 Å². The molecule has 0 aliphatic rings. The third-order valence-corrected chi connectivity index (χ3v) is 1.57. The molecule has 72 valence electrons. The first-order valence-corrected chi connectivity index (χ1v) is 4.27. The van der Waals surface area contributed by atoms with Gasteiger partial charge >= 0.3 is 0 Å². The van der Waals surface area contributed by atoms with Gasteiger partial charge < -0.3 is 4.74 Å². The van der Waals surface area contributed by atoms with Gasteiger partial charge in [0.25, 0.3) is 0 Å². The third kappa shape index (κ3) is 2.56. The van der Waals surface area contributed by atoms with Gasteiger partial charge in [-0.05, 0) is 13.0 Å². The van der Waals surface area contributed by atoms with Gasteiger partial charge in [-0.2, -0.15) is 5.26 Å². The van der Waals surface area contributed by atoms with Crippen molar-refractivity contribution in [2.24, 2.45) is 0 Å². The fourth-order valence-corrected chi connectivity index (χ4v) is 0.982. The Morgan fingerprint density at radius 2 is 2.50 bits per heavy atom. The van der Waals surface area contributed by atoms with Crippen molar-refractivity contribution < 1.29 is 9.53 Å². The predicted molar refractivity (Wildman–Crippen MR) is 50.0 cm³/mol. The van der Waals surface area contributed by atoms with Crippen LogP contribution >= 0.6 is 0 Å². The van der Waals surface area contributed by atoms with Crippen molar-refractivity contribution in [3.05, 3.63) is 24.0 Å². The SMILES string of the molecule is CCOc1ccnc(C(=O)CC#N)c1. The van der Waals surface area contributed by atoms with Crippen molar-refractivity contribution in [3.8, 4) is 11.8 Å². The molecule has 4 heteroatoms. The van der Waals surface area contributed by atoms with Crippen LogP contribution in [0.2, 0.25) is 0 Å². The molecule has 1 rings (SSSR count). The van der Waals surface area contributed by atoms with Crippen LogP contribution in [0.5, 0.6) is 5.75 Å². The molecule has 14 heavy (non-hydrogen) atoms. The molecule has 0 fully saturated rings. The molecule has 0 unspecified atom stereocenters. The van der Waals surface area contributed by atoms with Gasteiger partial charge in [0, 0.05) is 12.3 Å². The Morgan fingerprint density at radius 1 is 1.71 bits per heavy atom. The number of hydrogen-bond donors (Lipinski definition) is 0. The summed E-state index contributed by atoms with van der Waals surface area (Å²) in [6.45, 7) is 2.40. The first kappa shape index (κ1) is 10.2. The summed E-state index contributed by atoms with van der Waals surface area (Å²) in [6, 6.07) is 5.01. The lowest BCUT2D eigenvalue weighted by atomic mass is 10.2. The quantitative estimate of drug-likeness (QED) is 0.676. The Balaban J connectivity index is 2.83. The van der Waals surface area contributed by atoms with Gasteiger partial charge in [-0.1, -0.05) is 0 Å². The van der Waals surface area contributed by atoms with Crippen LogP contribution in [0.4, 0.5) is 0 Å². The Kier molecular flexibility index (Phi) is 3.62. The number of ether oxygens (including phenoxy) is 1. The predicted octanol–water partition coefficient (Wildman–Crippen LogP) is 1.58. The van der Waals surface area contributed by atoms with E-state index in [1.165, 1.54) is 6.20 Å². The monoisotopic (exact) mass is 190 g/mol. The van der Waals surface area contributed by atoms with Crippen LogP contribution in [0, 0.1) is 11.3 Å². The number of aromatic nitrogens is 1. The van der Waals surface area contributed by atoms with E-state index in [-0.39, 0.29) is 17.9 Å². The zero-order valence-corrected chi connectivity index (χ0v) is 7.86. The molecular formula is C10H10N2O2. The van der Waals surface area contributed by atoms with Crippen molar-refractivity contribution in [2.75, 3.05) is 6.61 Å². The van der Waals surface area contributed by atoms with Crippen molar-refractivity contribution in [1.82, 2.24) is 4.98 Å². The van der Waals surface area contributed by atoms with E-state index in [0.717, 1.165) is 0 Å². The lowest BCUT2D eigenvalue weighted by Gasteiger charge is -2.02. The second-order valence-electron chi connectivity index (χ2n) is 2.57. The number of ketones is 1. The van der Waals surface area contributed by atoms with Crippen LogP contribution in [0.15, 0.2) is 18.3 Å². The fraction of sp³-hybridized carbons (Fsp3) is 0.300. The summed E-state index contributed by atoms with van der Waals surface area (Å²) < 4.78 is 5.20. The van der Waals surface area contributed by atoms with E-state index in [1.54, 1.807) is 18.2 Å². The molecular weight excluding hydrogens is 180 g/mol. The number of rotatable bonds is 4. The lowest BCUT2D eigenvalue weighted by molar-refractivity contribution is 0.0992. The molecule has 0 saturated heterocycles. The molecule has 0 aliphatic carbocycles. The molecule has 0 bridgehead atoms. The first-order valence-electron chi connectivity index (χ1n) is 4.27. The molecule has 0 saturated carbocycles. The van der Waals surface area contributed by atoms with Gasteiger partial charge in [0.05, 0.1) is 12.7 Å². The Morgan fingerprint density at radius 3 is 3.14 bits per heavy atom. The first-order chi connectivity index (χ1) is 6.77. The van der Waals surface area contributed by atoms with Gasteiger partial charge in [0.2, 0.25) is 0 Å². The van der Waals surface area contributed by atoms with E-state index in [9.17, 15) is 4.79 Å². The van der Waals surface area contributed by atoms with Crippen LogP contribution in [0.1, 0.15) is 23.8 Å². The number of Topliss-reactive ketones (excluding diaryl/α,β-unsaturated/α-hetero) is 1. The van der Waals surface area contributed by atoms with Gasteiger partial charge in [0.1, 0.15) is 17.9 Å². The summed E-state index contributed by atoms with van der Waals surface area (Å²) >= 11 is 0. The zero-order chi connectivity index (χ0) is 10.4. The number of pyridine rings is 1. The maximum Gasteiger partial charge on any atom is 0.195 e. The average Bonchev–Trinajstić information content (AvgIpc) is 2.19. The summed E-state index contributed by atoms with van der Waals surface area (Å²) in [6.07, 6.45) is 1.35. The number of carbonyl (C=O) groups is 1. The minimum Gasteiger partial charge on any atom is -0.494 e. The summed E-state index contributed by atoms with van der Waals surface area (Å²) in [5.41, 5.74) is 0.275. The van der Waals surface area contributed by atoms with Crippen LogP contribution in [0.25, 0.3) is 0 Å². The van der Waals surface area contributed by atoms with E-state index in [0.29, 0.717) is 12.4 Å². The second-order valence-corrected chi connectivity index (χ2v) is 2.57. The average molecular weight is 190 g/mol. The van der Waals surface area contributed by atoms with Crippen molar-refractivity contribution in [1.29, 1.82) is 5.26 Å². The molecule has 1 heterocycles. The number of carbonyl (C=O) groups excluding carboxylic acids is 1. The van der Waals surface area contributed by atoms with Gasteiger partial charge in [-0.3, -0.25) is 9.78 Å². The molecule has 1 aromatic heterocycles. The fourth-order valence-electron chi connectivity index (χ4n) is 0.982. The smallest absolute Gasteiger partial charge is 0.195 e. The number of hydrogen-bond acceptors (Lipinski definition) is 4. The van der Waals surface area contributed by atoms with E-state index < -0.39 is 0 Å². The van der Waals surface area contributed by atoms with Crippen LogP contribution in [0.3, 0.4) is 0 Å². The summed E-state index contributed by atoms with van der Waals surface area (Å²) in [5, 5.41) is 8.34. The van der Waals surface area contributed by atoms with Crippen LogP contribution in [-0.4, -0.2) is 17.4 Å². The summed E-state index contributed by atoms with van der Waals surface area (Å²) in [7, 11) is 0. The highest BCUT2D eigenvalue weighted by molar-refractivity contribution is 5.95. The van der Waals surface area contributed by atoms with E-state index in [1.807, 2.05) is 6.92 Å². The van der Waals surface area contributed by atoms with E-state index in [2.05, 4.69) is 4.98 Å². The molecule has 0 spiro atoms. The maximum absolute atomic E-state index is 11.3. The van der Waals surface area contributed by atoms with Crippen molar-refractivity contribution in [2.45, 2.75) is 13.3 Å². The largest absolute Gasteiger partial charge is 0.494 e. The van der Waals surface area contributed by atoms with Crippen molar-refractivity contribution >= 4 is 5.78 Å². The van der Waals surface area contributed by atoms with Crippen molar-refractivity contribution in [3.63, 3.8) is 0 Å². The molecule has 0 amide bonds. The van der Waals surface area contributed by atoms with E-state index >= 15 is 0 Å². The van der Waals surface area contributed by atoms with Gasteiger partial charge in [-0.25, -0.2) is 0 Å². The minimum atomic E-state index is -0.283. The maximum atomic E-state index is 11.3. The zero-order valence-electron chi connectivity index (χ0n) is 7.86. The van der Waals surface area contributed by atoms with Crippen LogP contribution in [-0.2, 0) is 0 Å². The highest BCUT2D eigenvalue weighted by Crippen LogP contribution is 2.11. The number of nitriles is 1. The molecule has 0 N–H and O–H groups in total. The lowest BCUT2D eigenvalue weighted by Crippen LogP contribution is -2.01. The standard InChI is InChI=1S/C10H10N2O2/c1-2-14-8-4-6-12-9(7-8)10(13)3-5-11/h4,6-7H,2-3H2,1H3. The highest BCUT2D eigenvalue weighted by atomic mass is 16.5. The van der Waals surface area contributed by atoms with Crippen LogP contribution < -0.4 is 4.74 Å². The molecule has 4 nitrogen and oxygen atoms in total. The summed E-state index contributed by atoms with van der Waals surface area (Å²) in [5.74, 6) is 0.317. The molecule has 0 radical (unpaired) electrons. The Bertz CT molecular complexity index is 369. The summed E-state index contributed by atoms with van der Waals surface area (Å²) in [4.78, 5) is 15.1. The Hall–Kier alpha value is -1.89. The Labute approximate surface area is 82.1 Å². The number of nitrogens with zero attached hydrogens (tertiary/aromatic N) is 2. The second kappa shape index (κ2) is 4.97. The normalized spacial score (nSPS) is 9.14. The molecule has 0 atom stereocenters. The topological polar surface area (TPSA) is 63.0 Å². The van der Waals surface area contributed by atoms with E-state index in [4.69, 9.17) is 10.00 Å². The van der Waals surface area contributed by atoms with Gasteiger partial charge in [0.15, 0.2) is 5.78 Å². The molecule has 0 aliphatic heterocycles. The molecule has 1 aromatic rings. The molecule has 0 aromatic carbocycles. The third-order valence-electron chi connectivity index (χ3n) is 1.57.